The van der Waals surface area contributed by atoms with Gasteiger partial charge in [-0.05, 0) is 72.4 Å². The van der Waals surface area contributed by atoms with Gasteiger partial charge in [0.2, 0.25) is 0 Å². The van der Waals surface area contributed by atoms with E-state index in [0.29, 0.717) is 6.42 Å². The molecule has 0 unspecified atom stereocenters. The number of unbranched alkanes of at least 4 members (excludes halogenated alkanes) is 3. The van der Waals surface area contributed by atoms with E-state index >= 15 is 0 Å². The van der Waals surface area contributed by atoms with Gasteiger partial charge in [-0.2, -0.15) is 13.2 Å². The van der Waals surface area contributed by atoms with Crippen molar-refractivity contribution in [3.05, 3.63) is 35.4 Å². The molecule has 0 aliphatic rings. The van der Waals surface area contributed by atoms with Gasteiger partial charge in [-0.3, -0.25) is 0 Å². The van der Waals surface area contributed by atoms with Crippen LogP contribution in [0.3, 0.4) is 0 Å². The maximum Gasteiger partial charge on any atom is 0.501 e. The van der Waals surface area contributed by atoms with Crippen LogP contribution in [0.2, 0.25) is 6.04 Å². The van der Waals surface area contributed by atoms with E-state index < -0.39 is 20.5 Å². The summed E-state index contributed by atoms with van der Waals surface area (Å²) in [6, 6.07) is 6.36. The minimum Gasteiger partial charge on any atom is -0.371 e. The summed E-state index contributed by atoms with van der Waals surface area (Å²) < 4.78 is 56.9. The molecule has 0 aromatic heterocycles. The van der Waals surface area contributed by atoms with Gasteiger partial charge in [0.15, 0.2) is 0 Å². The first kappa shape index (κ1) is 26.1. The second kappa shape index (κ2) is 12.1. The second-order valence-corrected chi connectivity index (χ2v) is 10.9. The van der Waals surface area contributed by atoms with Crippen molar-refractivity contribution in [1.82, 2.24) is 0 Å². The first-order valence-electron chi connectivity index (χ1n) is 10.6. The molecule has 0 fully saturated rings. The SMILES string of the molecule is CC(C)O[Si](CCCCCCc1cccc(C(F)(F)F)c1)(OC(C)C)OC(C)C. The highest BCUT2D eigenvalue weighted by molar-refractivity contribution is 6.60. The van der Waals surface area contributed by atoms with Gasteiger partial charge in [-0.1, -0.05) is 31.0 Å². The van der Waals surface area contributed by atoms with Crippen LogP contribution in [0.5, 0.6) is 0 Å². The van der Waals surface area contributed by atoms with Gasteiger partial charge in [-0.15, -0.1) is 0 Å². The van der Waals surface area contributed by atoms with Crippen molar-refractivity contribution in [3.63, 3.8) is 0 Å². The lowest BCUT2D eigenvalue weighted by atomic mass is 10.0. The molecule has 0 saturated heterocycles. The zero-order valence-corrected chi connectivity index (χ0v) is 19.6. The summed E-state index contributed by atoms with van der Waals surface area (Å²) >= 11 is 0. The molecule has 168 valence electrons. The molecule has 0 atom stereocenters. The molecule has 7 heteroatoms. The van der Waals surface area contributed by atoms with Crippen LogP contribution in [-0.2, 0) is 25.9 Å². The molecule has 1 rings (SSSR count). The third-order valence-electron chi connectivity index (χ3n) is 4.20. The fourth-order valence-electron chi connectivity index (χ4n) is 3.26. The smallest absolute Gasteiger partial charge is 0.371 e. The van der Waals surface area contributed by atoms with Crippen molar-refractivity contribution in [3.8, 4) is 0 Å². The number of hydrogen-bond acceptors (Lipinski definition) is 3. The van der Waals surface area contributed by atoms with E-state index in [4.69, 9.17) is 13.3 Å². The summed E-state index contributed by atoms with van der Waals surface area (Å²) in [7, 11) is -2.76. The quantitative estimate of drug-likeness (QED) is 0.247. The van der Waals surface area contributed by atoms with Crippen LogP contribution in [0.1, 0.15) is 78.4 Å². The maximum atomic E-state index is 12.8. The molecule has 1 aromatic carbocycles. The van der Waals surface area contributed by atoms with Crippen LogP contribution >= 0.6 is 0 Å². The Bertz CT molecular complexity index is 562. The first-order valence-corrected chi connectivity index (χ1v) is 12.6. The summed E-state index contributed by atoms with van der Waals surface area (Å²) in [6.07, 6.45) is 0.148. The molecule has 0 spiro atoms. The maximum absolute atomic E-state index is 12.8. The van der Waals surface area contributed by atoms with Crippen LogP contribution in [0.15, 0.2) is 24.3 Å². The van der Waals surface area contributed by atoms with Gasteiger partial charge >= 0.3 is 15.0 Å². The van der Waals surface area contributed by atoms with Crippen molar-refractivity contribution in [2.45, 2.75) is 104 Å². The average Bonchev–Trinajstić information content (AvgIpc) is 2.55. The fraction of sp³-hybridized carbons (Fsp3) is 0.727. The Balaban J connectivity index is 2.52. The van der Waals surface area contributed by atoms with Gasteiger partial charge in [0.25, 0.3) is 0 Å². The predicted molar refractivity (Wildman–Crippen MR) is 113 cm³/mol. The Labute approximate surface area is 175 Å². The largest absolute Gasteiger partial charge is 0.501 e. The highest BCUT2D eigenvalue weighted by Crippen LogP contribution is 2.30. The van der Waals surface area contributed by atoms with Crippen LogP contribution in [0.4, 0.5) is 13.2 Å². The molecule has 0 radical (unpaired) electrons. The zero-order chi connectivity index (χ0) is 22.1. The van der Waals surface area contributed by atoms with Gasteiger partial charge < -0.3 is 13.3 Å². The number of hydrogen-bond donors (Lipinski definition) is 0. The minimum atomic E-state index is -4.28. The summed E-state index contributed by atoms with van der Waals surface area (Å²) in [5, 5.41) is 0. The van der Waals surface area contributed by atoms with Crippen LogP contribution in [0.25, 0.3) is 0 Å². The summed E-state index contributed by atoms with van der Waals surface area (Å²) in [6.45, 7) is 11.9. The molecule has 0 bridgehead atoms. The number of aryl methyl sites for hydroxylation is 1. The van der Waals surface area contributed by atoms with E-state index in [2.05, 4.69) is 0 Å². The van der Waals surface area contributed by atoms with Crippen LogP contribution in [-0.4, -0.2) is 27.1 Å². The topological polar surface area (TPSA) is 27.7 Å². The van der Waals surface area contributed by atoms with Gasteiger partial charge in [0.1, 0.15) is 0 Å². The van der Waals surface area contributed by atoms with E-state index in [1.807, 2.05) is 41.5 Å². The van der Waals surface area contributed by atoms with Crippen LogP contribution in [0, 0.1) is 0 Å². The highest BCUT2D eigenvalue weighted by Gasteiger charge is 2.43. The van der Waals surface area contributed by atoms with Gasteiger partial charge in [0, 0.05) is 24.4 Å². The van der Waals surface area contributed by atoms with E-state index in [-0.39, 0.29) is 18.3 Å². The number of benzene rings is 1. The van der Waals surface area contributed by atoms with Crippen molar-refractivity contribution >= 4 is 8.80 Å². The second-order valence-electron chi connectivity index (χ2n) is 8.30. The first-order chi connectivity index (χ1) is 13.4. The molecular weight excluding hydrogens is 397 g/mol. The number of halogens is 3. The summed E-state index contributed by atoms with van der Waals surface area (Å²) in [5.41, 5.74) is 0.159. The van der Waals surface area contributed by atoms with Gasteiger partial charge in [-0.25, -0.2) is 0 Å². The monoisotopic (exact) mass is 434 g/mol. The third-order valence-corrected chi connectivity index (χ3v) is 7.66. The predicted octanol–water partition coefficient (Wildman–Crippen LogP) is 7.02. The molecule has 0 amide bonds. The van der Waals surface area contributed by atoms with Crippen molar-refractivity contribution in [2.24, 2.45) is 0 Å². The molecule has 0 aliphatic heterocycles. The Hall–Kier alpha value is -0.893. The molecule has 3 nitrogen and oxygen atoms in total. The fourth-order valence-corrected chi connectivity index (χ4v) is 6.62. The molecular formula is C22H37F3O3Si. The molecule has 0 N–H and O–H groups in total. The van der Waals surface area contributed by atoms with Crippen molar-refractivity contribution in [1.29, 1.82) is 0 Å². The molecule has 0 heterocycles. The van der Waals surface area contributed by atoms with Gasteiger partial charge in [0.05, 0.1) is 5.56 Å². The third kappa shape index (κ3) is 10.6. The molecule has 0 aliphatic carbocycles. The van der Waals surface area contributed by atoms with E-state index in [1.54, 1.807) is 6.07 Å². The molecule has 29 heavy (non-hydrogen) atoms. The number of rotatable bonds is 13. The molecule has 1 aromatic rings. The average molecular weight is 435 g/mol. The van der Waals surface area contributed by atoms with E-state index in [0.717, 1.165) is 43.4 Å². The lowest BCUT2D eigenvalue weighted by Crippen LogP contribution is -2.50. The Morgan fingerprint density at radius 2 is 1.31 bits per heavy atom. The summed E-state index contributed by atoms with van der Waals surface area (Å²) in [5.74, 6) is 0. The standard InChI is InChI=1S/C22H37F3O3Si/c1-17(2)26-29(27-18(3)4,28-19(5)6)15-10-8-7-9-12-20-13-11-14-21(16-20)22(23,24)25/h11,13-14,16-19H,7-10,12,15H2,1-6H3. The van der Waals surface area contributed by atoms with Crippen molar-refractivity contribution < 1.29 is 26.4 Å². The van der Waals surface area contributed by atoms with E-state index in [1.165, 1.54) is 12.1 Å². The normalized spacial score (nSPS) is 13.1. The summed E-state index contributed by atoms with van der Waals surface area (Å²) in [4.78, 5) is 0. The van der Waals surface area contributed by atoms with E-state index in [9.17, 15) is 13.2 Å². The Morgan fingerprint density at radius 1 is 0.793 bits per heavy atom. The molecule has 0 saturated carbocycles. The minimum absolute atomic E-state index is 0.0278. The van der Waals surface area contributed by atoms with Crippen molar-refractivity contribution in [2.75, 3.05) is 0 Å². The zero-order valence-electron chi connectivity index (χ0n) is 18.6. The Kier molecular flexibility index (Phi) is 10.9. The lowest BCUT2D eigenvalue weighted by Gasteiger charge is -2.34. The Morgan fingerprint density at radius 3 is 1.79 bits per heavy atom. The number of alkyl halides is 3. The highest BCUT2D eigenvalue weighted by atomic mass is 28.4. The lowest BCUT2D eigenvalue weighted by molar-refractivity contribution is -0.137. The van der Waals surface area contributed by atoms with Crippen LogP contribution < -0.4 is 0 Å².